The predicted octanol–water partition coefficient (Wildman–Crippen LogP) is 2.63. The Bertz CT molecular complexity index is 928. The maximum atomic E-state index is 11.7. The van der Waals surface area contributed by atoms with Gasteiger partial charge in [0, 0.05) is 17.9 Å². The zero-order valence-electron chi connectivity index (χ0n) is 15.9. The number of aromatic nitrogens is 2. The summed E-state index contributed by atoms with van der Waals surface area (Å²) >= 11 is 0. The Morgan fingerprint density at radius 1 is 1.19 bits per heavy atom. The molecule has 3 rings (SSSR count). The van der Waals surface area contributed by atoms with E-state index in [-0.39, 0.29) is 18.4 Å². The summed E-state index contributed by atoms with van der Waals surface area (Å²) in [6.07, 6.45) is -1.16. The van der Waals surface area contributed by atoms with E-state index in [4.69, 9.17) is 5.73 Å². The van der Waals surface area contributed by atoms with Crippen LogP contribution in [-0.4, -0.2) is 42.5 Å². The van der Waals surface area contributed by atoms with Gasteiger partial charge in [0.1, 0.15) is 11.4 Å². The van der Waals surface area contributed by atoms with Gasteiger partial charge in [0.05, 0.1) is 17.9 Å². The van der Waals surface area contributed by atoms with Crippen molar-refractivity contribution >= 4 is 17.9 Å². The molecule has 0 spiro atoms. The minimum absolute atomic E-state index is 0.00535. The van der Waals surface area contributed by atoms with Crippen molar-refractivity contribution in [2.24, 2.45) is 0 Å². The highest BCUT2D eigenvalue weighted by molar-refractivity contribution is 5.84. The lowest BCUT2D eigenvalue weighted by atomic mass is 9.84. The molecule has 1 aromatic carbocycles. The summed E-state index contributed by atoms with van der Waals surface area (Å²) in [6.45, 7) is 7.56. The number of nitrogen functional groups attached to an aromatic ring is 1. The highest BCUT2D eigenvalue weighted by atomic mass is 16.4. The van der Waals surface area contributed by atoms with E-state index < -0.39 is 17.6 Å². The molecule has 1 atom stereocenters. The van der Waals surface area contributed by atoms with Crippen molar-refractivity contribution < 1.29 is 19.8 Å². The first-order valence-electron chi connectivity index (χ1n) is 8.65. The van der Waals surface area contributed by atoms with Crippen LogP contribution >= 0.6 is 0 Å². The van der Waals surface area contributed by atoms with Gasteiger partial charge in [-0.25, -0.2) is 14.3 Å². The lowest BCUT2D eigenvalue weighted by Crippen LogP contribution is -2.57. The number of hydrogen-bond acceptors (Lipinski definition) is 4. The summed E-state index contributed by atoms with van der Waals surface area (Å²) in [4.78, 5) is 24.3. The van der Waals surface area contributed by atoms with Crippen molar-refractivity contribution in [1.82, 2.24) is 14.7 Å². The Kier molecular flexibility index (Phi) is 4.17. The number of fused-ring (bicyclic) bond motifs is 1. The SMILES string of the molecule is CC(C)(C)c1cc(N)n(-c2ccc3c(c2)CN(C(=O)O)C(C)(C(=O)O)C3)n1. The van der Waals surface area contributed by atoms with Crippen molar-refractivity contribution in [1.29, 1.82) is 0 Å². The number of nitrogens with zero attached hydrogens (tertiary/aromatic N) is 3. The highest BCUT2D eigenvalue weighted by Crippen LogP contribution is 2.33. The molecule has 1 amide bonds. The molecule has 0 aliphatic carbocycles. The monoisotopic (exact) mass is 372 g/mol. The van der Waals surface area contributed by atoms with E-state index in [0.29, 0.717) is 11.5 Å². The lowest BCUT2D eigenvalue weighted by molar-refractivity contribution is -0.150. The second-order valence-corrected chi connectivity index (χ2v) is 8.19. The topological polar surface area (TPSA) is 122 Å². The van der Waals surface area contributed by atoms with Crippen LogP contribution in [0, 0.1) is 0 Å². The maximum Gasteiger partial charge on any atom is 0.408 e. The van der Waals surface area contributed by atoms with Crippen LogP contribution in [0.5, 0.6) is 0 Å². The predicted molar refractivity (Wildman–Crippen MR) is 100.0 cm³/mol. The third-order valence-electron chi connectivity index (χ3n) is 5.09. The van der Waals surface area contributed by atoms with Crippen molar-refractivity contribution in [3.8, 4) is 5.69 Å². The van der Waals surface area contributed by atoms with Gasteiger partial charge in [-0.1, -0.05) is 26.8 Å². The zero-order chi connectivity index (χ0) is 20.1. The van der Waals surface area contributed by atoms with Crippen LogP contribution in [0.4, 0.5) is 10.6 Å². The standard InChI is InChI=1S/C19H24N4O4/c1-18(2,3)14-8-15(20)23(21-14)13-6-5-11-9-19(4,16(24)25)22(17(26)27)10-12(11)7-13/h5-8H,9-10,20H2,1-4H3,(H,24,25)(H,26,27). The van der Waals surface area contributed by atoms with Crippen LogP contribution in [0.1, 0.15) is 44.5 Å². The fourth-order valence-electron chi connectivity index (χ4n) is 3.31. The smallest absolute Gasteiger partial charge is 0.408 e. The summed E-state index contributed by atoms with van der Waals surface area (Å²) in [5.74, 6) is -0.674. The van der Waals surface area contributed by atoms with E-state index in [0.717, 1.165) is 21.7 Å². The summed E-state index contributed by atoms with van der Waals surface area (Å²) in [5, 5.41) is 23.6. The zero-order valence-corrected chi connectivity index (χ0v) is 15.9. The molecule has 0 saturated carbocycles. The number of rotatable bonds is 2. The Morgan fingerprint density at radius 3 is 2.37 bits per heavy atom. The van der Waals surface area contributed by atoms with E-state index in [1.54, 1.807) is 4.68 Å². The van der Waals surface area contributed by atoms with Crippen molar-refractivity contribution in [2.45, 2.75) is 51.6 Å². The molecule has 0 bridgehead atoms. The molecule has 4 N–H and O–H groups in total. The van der Waals surface area contributed by atoms with Crippen molar-refractivity contribution in [2.75, 3.05) is 5.73 Å². The van der Waals surface area contributed by atoms with Gasteiger partial charge in [0.15, 0.2) is 0 Å². The molecule has 2 aromatic rings. The molecule has 8 nitrogen and oxygen atoms in total. The first-order valence-corrected chi connectivity index (χ1v) is 8.65. The second-order valence-electron chi connectivity index (χ2n) is 8.19. The van der Waals surface area contributed by atoms with Gasteiger partial charge in [-0.2, -0.15) is 5.10 Å². The van der Waals surface area contributed by atoms with E-state index in [1.807, 2.05) is 45.0 Å². The molecule has 1 aliphatic heterocycles. The molecule has 27 heavy (non-hydrogen) atoms. The van der Waals surface area contributed by atoms with Gasteiger partial charge >= 0.3 is 12.1 Å². The van der Waals surface area contributed by atoms with Crippen molar-refractivity contribution in [3.05, 3.63) is 41.1 Å². The van der Waals surface area contributed by atoms with E-state index in [9.17, 15) is 19.8 Å². The normalized spacial score (nSPS) is 19.6. The van der Waals surface area contributed by atoms with E-state index >= 15 is 0 Å². The number of aliphatic carboxylic acids is 1. The minimum Gasteiger partial charge on any atom is -0.479 e. The third-order valence-corrected chi connectivity index (χ3v) is 5.09. The quantitative estimate of drug-likeness (QED) is 0.745. The Hall–Kier alpha value is -3.03. The fraction of sp³-hybridized carbons (Fsp3) is 0.421. The maximum absolute atomic E-state index is 11.7. The fourth-order valence-corrected chi connectivity index (χ4v) is 3.31. The first-order chi connectivity index (χ1) is 12.4. The number of benzene rings is 1. The van der Waals surface area contributed by atoms with Crippen LogP contribution < -0.4 is 5.73 Å². The summed E-state index contributed by atoms with van der Waals surface area (Å²) in [5.41, 5.74) is 7.59. The Labute approximate surface area is 157 Å². The molecule has 1 aliphatic rings. The molecule has 1 unspecified atom stereocenters. The third kappa shape index (κ3) is 3.11. The molecule has 0 radical (unpaired) electrons. The van der Waals surface area contributed by atoms with Crippen LogP contribution in [0.2, 0.25) is 0 Å². The Balaban J connectivity index is 2.04. The number of amides is 1. The van der Waals surface area contributed by atoms with Gasteiger partial charge in [0.2, 0.25) is 0 Å². The van der Waals surface area contributed by atoms with Gasteiger partial charge in [-0.15, -0.1) is 0 Å². The van der Waals surface area contributed by atoms with Gasteiger partial charge in [-0.3, -0.25) is 4.90 Å². The van der Waals surface area contributed by atoms with Crippen LogP contribution in [0.25, 0.3) is 5.69 Å². The van der Waals surface area contributed by atoms with Gasteiger partial charge < -0.3 is 15.9 Å². The molecular weight excluding hydrogens is 348 g/mol. The number of nitrogens with two attached hydrogens (primary N) is 1. The van der Waals surface area contributed by atoms with Crippen molar-refractivity contribution in [3.63, 3.8) is 0 Å². The molecule has 0 fully saturated rings. The minimum atomic E-state index is -1.50. The summed E-state index contributed by atoms with van der Waals surface area (Å²) in [7, 11) is 0. The number of hydrogen-bond donors (Lipinski definition) is 3. The number of carboxylic acids is 1. The molecule has 0 saturated heterocycles. The molecule has 1 aromatic heterocycles. The van der Waals surface area contributed by atoms with Gasteiger partial charge in [-0.05, 0) is 30.2 Å². The number of carboxylic acid groups (broad SMARTS) is 2. The molecule has 2 heterocycles. The van der Waals surface area contributed by atoms with E-state index in [1.165, 1.54) is 6.92 Å². The average Bonchev–Trinajstić information content (AvgIpc) is 2.95. The number of anilines is 1. The van der Waals surface area contributed by atoms with Crippen LogP contribution in [0.3, 0.4) is 0 Å². The first kappa shape index (κ1) is 18.8. The summed E-state index contributed by atoms with van der Waals surface area (Å²) < 4.78 is 1.62. The number of carbonyl (C=O) groups is 2. The second kappa shape index (κ2) is 6.00. The van der Waals surface area contributed by atoms with E-state index in [2.05, 4.69) is 5.10 Å². The van der Waals surface area contributed by atoms with Crippen LogP contribution in [0.15, 0.2) is 24.3 Å². The average molecular weight is 372 g/mol. The summed E-state index contributed by atoms with van der Waals surface area (Å²) in [6, 6.07) is 7.29. The highest BCUT2D eigenvalue weighted by Gasteiger charge is 2.46. The molecular formula is C19H24N4O4. The van der Waals surface area contributed by atoms with Gasteiger partial charge in [0.25, 0.3) is 0 Å². The van der Waals surface area contributed by atoms with Crippen LogP contribution in [-0.2, 0) is 23.2 Å². The molecule has 144 valence electrons. The molecule has 8 heteroatoms. The largest absolute Gasteiger partial charge is 0.479 e. The lowest BCUT2D eigenvalue weighted by Gasteiger charge is -2.40. The Morgan fingerprint density at radius 2 is 1.85 bits per heavy atom.